The Morgan fingerprint density at radius 3 is 2.70 bits per heavy atom. The maximum Gasteiger partial charge on any atom is 0.269 e. The molecule has 1 atom stereocenters. The van der Waals surface area contributed by atoms with Crippen LogP contribution >= 0.6 is 0 Å². The normalized spacial score (nSPS) is 20.7. The Kier molecular flexibility index (Phi) is 4.73. The second-order valence-electron chi connectivity index (χ2n) is 7.90. The molecule has 2 aliphatic rings. The summed E-state index contributed by atoms with van der Waals surface area (Å²) in [6, 6.07) is 10.8. The Morgan fingerprint density at radius 2 is 2.00 bits per heavy atom. The summed E-state index contributed by atoms with van der Waals surface area (Å²) >= 11 is 0. The number of ether oxygens (including phenoxy) is 2. The van der Waals surface area contributed by atoms with Crippen molar-refractivity contribution in [2.24, 2.45) is 0 Å². The van der Waals surface area contributed by atoms with E-state index in [1.165, 1.54) is 12.1 Å². The quantitative estimate of drug-likeness (QED) is 0.798. The number of methoxy groups -OCH3 is 1. The van der Waals surface area contributed by atoms with Crippen molar-refractivity contribution in [3.63, 3.8) is 0 Å². The molecule has 0 saturated carbocycles. The molecule has 1 N–H and O–H groups in total. The van der Waals surface area contributed by atoms with Crippen LogP contribution in [0.1, 0.15) is 42.2 Å². The summed E-state index contributed by atoms with van der Waals surface area (Å²) in [7, 11) is -2.50. The van der Waals surface area contributed by atoms with E-state index in [0.717, 1.165) is 5.56 Å². The van der Waals surface area contributed by atoms with E-state index in [1.807, 2.05) is 13.8 Å². The molecule has 2 amide bonds. The molecular formula is C21H22N2O6S. The number of nitrogens with one attached hydrogen (secondary N) is 1. The van der Waals surface area contributed by atoms with Gasteiger partial charge in [0.05, 0.1) is 18.7 Å². The van der Waals surface area contributed by atoms with Gasteiger partial charge in [-0.2, -0.15) is 0 Å². The van der Waals surface area contributed by atoms with Crippen molar-refractivity contribution in [3.8, 4) is 11.5 Å². The largest absolute Gasteiger partial charge is 0.497 e. The van der Waals surface area contributed by atoms with Gasteiger partial charge in [-0.05, 0) is 44.2 Å². The van der Waals surface area contributed by atoms with Gasteiger partial charge in [-0.25, -0.2) is 12.7 Å². The molecule has 158 valence electrons. The molecule has 0 unspecified atom stereocenters. The summed E-state index contributed by atoms with van der Waals surface area (Å²) in [5, 5.41) is 2.86. The van der Waals surface area contributed by atoms with Crippen molar-refractivity contribution in [2.45, 2.75) is 36.8 Å². The molecule has 2 heterocycles. The van der Waals surface area contributed by atoms with Gasteiger partial charge in [0.15, 0.2) is 0 Å². The number of nitrogens with zero attached hydrogens (tertiary/aromatic N) is 1. The molecule has 0 fully saturated rings. The van der Waals surface area contributed by atoms with E-state index in [2.05, 4.69) is 5.32 Å². The molecule has 0 radical (unpaired) electrons. The fourth-order valence-electron chi connectivity index (χ4n) is 3.85. The van der Waals surface area contributed by atoms with Crippen LogP contribution in [-0.4, -0.2) is 43.8 Å². The van der Waals surface area contributed by atoms with E-state index in [0.29, 0.717) is 22.2 Å². The van der Waals surface area contributed by atoms with Gasteiger partial charge in [0.25, 0.3) is 15.9 Å². The molecule has 2 aromatic rings. The van der Waals surface area contributed by atoms with Gasteiger partial charge in [0, 0.05) is 12.0 Å². The van der Waals surface area contributed by atoms with E-state index < -0.39 is 40.0 Å². The van der Waals surface area contributed by atoms with Gasteiger partial charge in [0.2, 0.25) is 5.91 Å². The van der Waals surface area contributed by atoms with Crippen molar-refractivity contribution in [2.75, 3.05) is 13.7 Å². The number of hydrogen-bond acceptors (Lipinski definition) is 6. The summed E-state index contributed by atoms with van der Waals surface area (Å²) in [6.07, 6.45) is 0.472. The lowest BCUT2D eigenvalue weighted by Gasteiger charge is -2.38. The van der Waals surface area contributed by atoms with E-state index in [4.69, 9.17) is 9.47 Å². The number of amides is 2. The van der Waals surface area contributed by atoms with Crippen LogP contribution < -0.4 is 14.8 Å². The van der Waals surface area contributed by atoms with Crippen LogP contribution in [-0.2, 0) is 14.8 Å². The highest BCUT2D eigenvalue weighted by Crippen LogP contribution is 2.41. The van der Waals surface area contributed by atoms with E-state index in [1.54, 1.807) is 37.4 Å². The minimum absolute atomic E-state index is 0.0765. The van der Waals surface area contributed by atoms with Crippen LogP contribution in [0.15, 0.2) is 47.4 Å². The molecule has 0 aromatic heterocycles. The molecular weight excluding hydrogens is 408 g/mol. The first kappa shape index (κ1) is 20.2. The molecule has 0 aliphatic carbocycles. The molecule has 0 spiro atoms. The lowest BCUT2D eigenvalue weighted by molar-refractivity contribution is -0.122. The SMILES string of the molecule is COc1ccc2c(c1)[C@H](NC(=O)CN1C(=O)c3ccccc3S1(=O)=O)CC(C)(C)O2. The third kappa shape index (κ3) is 3.39. The molecule has 30 heavy (non-hydrogen) atoms. The minimum atomic E-state index is -4.05. The average Bonchev–Trinajstić information content (AvgIpc) is 2.88. The van der Waals surface area contributed by atoms with Gasteiger partial charge in [-0.1, -0.05) is 12.1 Å². The maximum absolute atomic E-state index is 12.8. The molecule has 2 aliphatic heterocycles. The summed E-state index contributed by atoms with van der Waals surface area (Å²) in [5.41, 5.74) is 0.277. The number of carbonyl (C=O) groups excluding carboxylic acids is 2. The van der Waals surface area contributed by atoms with Crippen LogP contribution in [0.25, 0.3) is 0 Å². The first-order valence-corrected chi connectivity index (χ1v) is 10.9. The second kappa shape index (κ2) is 7.02. The maximum atomic E-state index is 12.8. The zero-order valence-corrected chi connectivity index (χ0v) is 17.7. The average molecular weight is 430 g/mol. The minimum Gasteiger partial charge on any atom is -0.497 e. The fourth-order valence-corrected chi connectivity index (χ4v) is 5.37. The lowest BCUT2D eigenvalue weighted by Crippen LogP contribution is -2.45. The summed E-state index contributed by atoms with van der Waals surface area (Å²) < 4.78 is 37.3. The van der Waals surface area contributed by atoms with Crippen LogP contribution in [0, 0.1) is 0 Å². The van der Waals surface area contributed by atoms with Crippen LogP contribution in [0.3, 0.4) is 0 Å². The standard InChI is InChI=1S/C21H22N2O6S/c1-21(2)11-16(15-10-13(28-3)8-9-17(15)29-21)22-19(24)12-23-20(25)14-6-4-5-7-18(14)30(23,26)27/h4-10,16H,11-12H2,1-3H3,(H,22,24)/t16-/m1/s1. The monoisotopic (exact) mass is 430 g/mol. The van der Waals surface area contributed by atoms with Crippen molar-refractivity contribution in [3.05, 3.63) is 53.6 Å². The smallest absolute Gasteiger partial charge is 0.269 e. The molecule has 0 saturated heterocycles. The highest BCUT2D eigenvalue weighted by Gasteiger charge is 2.42. The lowest BCUT2D eigenvalue weighted by atomic mass is 9.89. The Morgan fingerprint density at radius 1 is 1.27 bits per heavy atom. The predicted molar refractivity (Wildman–Crippen MR) is 108 cm³/mol. The van der Waals surface area contributed by atoms with Gasteiger partial charge >= 0.3 is 0 Å². The van der Waals surface area contributed by atoms with Crippen molar-refractivity contribution < 1.29 is 27.5 Å². The number of hydrogen-bond donors (Lipinski definition) is 1. The zero-order chi connectivity index (χ0) is 21.7. The summed E-state index contributed by atoms with van der Waals surface area (Å²) in [4.78, 5) is 25.3. The van der Waals surface area contributed by atoms with Crippen molar-refractivity contribution in [1.29, 1.82) is 0 Å². The molecule has 9 heteroatoms. The number of rotatable bonds is 4. The highest BCUT2D eigenvalue weighted by atomic mass is 32.2. The highest BCUT2D eigenvalue weighted by molar-refractivity contribution is 7.90. The fraction of sp³-hybridized carbons (Fsp3) is 0.333. The first-order valence-electron chi connectivity index (χ1n) is 9.45. The van der Waals surface area contributed by atoms with Gasteiger partial charge in [0.1, 0.15) is 28.5 Å². The predicted octanol–water partition coefficient (Wildman–Crippen LogP) is 2.26. The molecule has 4 rings (SSSR count). The van der Waals surface area contributed by atoms with Gasteiger partial charge in [-0.15, -0.1) is 0 Å². The third-order valence-corrected chi connectivity index (χ3v) is 7.00. The Bertz CT molecular complexity index is 1140. The van der Waals surface area contributed by atoms with Gasteiger partial charge in [-0.3, -0.25) is 9.59 Å². The summed E-state index contributed by atoms with van der Waals surface area (Å²) in [5.74, 6) is -0.0370. The number of sulfonamides is 1. The van der Waals surface area contributed by atoms with E-state index in [9.17, 15) is 18.0 Å². The second-order valence-corrected chi connectivity index (χ2v) is 9.73. The van der Waals surface area contributed by atoms with E-state index >= 15 is 0 Å². The zero-order valence-electron chi connectivity index (χ0n) is 16.8. The Balaban J connectivity index is 1.57. The molecule has 0 bridgehead atoms. The van der Waals surface area contributed by atoms with Crippen LogP contribution in [0.2, 0.25) is 0 Å². The number of carbonyl (C=O) groups is 2. The topological polar surface area (TPSA) is 102 Å². The van der Waals surface area contributed by atoms with E-state index in [-0.39, 0.29) is 10.5 Å². The summed E-state index contributed by atoms with van der Waals surface area (Å²) in [6.45, 7) is 3.22. The Hall–Kier alpha value is -3.07. The first-order chi connectivity index (χ1) is 14.1. The van der Waals surface area contributed by atoms with Crippen LogP contribution in [0.4, 0.5) is 0 Å². The molecule has 2 aromatic carbocycles. The van der Waals surface area contributed by atoms with Crippen molar-refractivity contribution >= 4 is 21.8 Å². The molecule has 8 nitrogen and oxygen atoms in total. The number of fused-ring (bicyclic) bond motifs is 2. The van der Waals surface area contributed by atoms with Crippen LogP contribution in [0.5, 0.6) is 11.5 Å². The third-order valence-electron chi connectivity index (χ3n) is 5.21. The van der Waals surface area contributed by atoms with Crippen molar-refractivity contribution in [1.82, 2.24) is 9.62 Å². The Labute approximate surface area is 174 Å². The van der Waals surface area contributed by atoms with Gasteiger partial charge < -0.3 is 14.8 Å². The number of benzene rings is 2.